The van der Waals surface area contributed by atoms with E-state index in [1.165, 1.54) is 16.5 Å². The van der Waals surface area contributed by atoms with Crippen molar-refractivity contribution in [2.75, 3.05) is 0 Å². The third kappa shape index (κ3) is 2.27. The molecule has 0 atom stereocenters. The molecule has 0 unspecified atom stereocenters. The standard InChI is InChI=1S/C13H8N2OS2/c16-8-9-5-6-12(14-7-9)18-13-15-10-3-1-2-4-11(10)17-13/h1-8H. The number of hydrogen-bond donors (Lipinski definition) is 0. The number of thiazole rings is 1. The average molecular weight is 272 g/mol. The Bertz CT molecular complexity index is 659. The molecule has 0 aliphatic carbocycles. The summed E-state index contributed by atoms with van der Waals surface area (Å²) in [6.45, 7) is 0. The molecule has 2 heterocycles. The van der Waals surface area contributed by atoms with E-state index in [-0.39, 0.29) is 0 Å². The maximum absolute atomic E-state index is 10.5. The van der Waals surface area contributed by atoms with Crippen LogP contribution in [0.2, 0.25) is 0 Å². The van der Waals surface area contributed by atoms with E-state index in [2.05, 4.69) is 16.0 Å². The van der Waals surface area contributed by atoms with Crippen LogP contribution >= 0.6 is 23.1 Å². The lowest BCUT2D eigenvalue weighted by atomic mass is 10.3. The fourth-order valence-corrected chi connectivity index (χ4v) is 3.46. The molecule has 88 valence electrons. The summed E-state index contributed by atoms with van der Waals surface area (Å²) in [6.07, 6.45) is 2.36. The van der Waals surface area contributed by atoms with E-state index in [0.717, 1.165) is 21.2 Å². The van der Waals surface area contributed by atoms with Crippen LogP contribution in [0.15, 0.2) is 52.0 Å². The molecule has 3 aromatic rings. The summed E-state index contributed by atoms with van der Waals surface area (Å²) in [4.78, 5) is 19.3. The molecule has 0 fully saturated rings. The second-order valence-electron chi connectivity index (χ2n) is 3.60. The van der Waals surface area contributed by atoms with Gasteiger partial charge < -0.3 is 0 Å². The van der Waals surface area contributed by atoms with E-state index in [0.29, 0.717) is 5.56 Å². The second-order valence-corrected chi connectivity index (χ2v) is 5.90. The minimum Gasteiger partial charge on any atom is -0.298 e. The van der Waals surface area contributed by atoms with Crippen LogP contribution in [-0.4, -0.2) is 16.3 Å². The smallest absolute Gasteiger partial charge is 0.157 e. The highest BCUT2D eigenvalue weighted by Crippen LogP contribution is 2.33. The maximum atomic E-state index is 10.5. The molecule has 0 saturated heterocycles. The maximum Gasteiger partial charge on any atom is 0.157 e. The molecule has 1 aromatic carbocycles. The predicted octanol–water partition coefficient (Wildman–Crippen LogP) is 3.66. The molecule has 0 bridgehead atoms. The van der Waals surface area contributed by atoms with Gasteiger partial charge in [0.1, 0.15) is 5.03 Å². The quantitative estimate of drug-likeness (QED) is 0.682. The number of aromatic nitrogens is 2. The van der Waals surface area contributed by atoms with Gasteiger partial charge in [-0.1, -0.05) is 12.1 Å². The molecule has 0 aliphatic rings. The number of benzene rings is 1. The van der Waals surface area contributed by atoms with E-state index < -0.39 is 0 Å². The minimum absolute atomic E-state index is 0.587. The monoisotopic (exact) mass is 272 g/mol. The fourth-order valence-electron chi connectivity index (χ4n) is 1.51. The Kier molecular flexibility index (Phi) is 3.08. The molecule has 3 rings (SSSR count). The highest BCUT2D eigenvalue weighted by molar-refractivity contribution is 8.01. The normalized spacial score (nSPS) is 10.7. The minimum atomic E-state index is 0.587. The second kappa shape index (κ2) is 4.88. The van der Waals surface area contributed by atoms with Crippen LogP contribution in [0, 0.1) is 0 Å². The molecular formula is C13H8N2OS2. The molecule has 0 N–H and O–H groups in total. The summed E-state index contributed by atoms with van der Waals surface area (Å²) >= 11 is 3.16. The van der Waals surface area contributed by atoms with Crippen LogP contribution < -0.4 is 0 Å². The van der Waals surface area contributed by atoms with Crippen molar-refractivity contribution in [2.24, 2.45) is 0 Å². The lowest BCUT2D eigenvalue weighted by Gasteiger charge is -1.95. The van der Waals surface area contributed by atoms with Gasteiger partial charge in [0.25, 0.3) is 0 Å². The van der Waals surface area contributed by atoms with Crippen molar-refractivity contribution in [2.45, 2.75) is 9.37 Å². The van der Waals surface area contributed by atoms with Gasteiger partial charge in [-0.2, -0.15) is 0 Å². The van der Waals surface area contributed by atoms with Gasteiger partial charge in [0, 0.05) is 11.8 Å². The molecule has 0 spiro atoms. The number of hydrogen-bond acceptors (Lipinski definition) is 5. The van der Waals surface area contributed by atoms with Crippen LogP contribution in [0.25, 0.3) is 10.2 Å². The molecule has 5 heteroatoms. The van der Waals surface area contributed by atoms with Crippen LogP contribution in [0.4, 0.5) is 0 Å². The zero-order chi connectivity index (χ0) is 12.4. The Labute approximate surface area is 112 Å². The highest BCUT2D eigenvalue weighted by Gasteiger charge is 2.05. The zero-order valence-electron chi connectivity index (χ0n) is 9.24. The van der Waals surface area contributed by atoms with Crippen LogP contribution in [-0.2, 0) is 0 Å². The third-order valence-electron chi connectivity index (χ3n) is 2.36. The molecule has 2 aromatic heterocycles. The first-order chi connectivity index (χ1) is 8.85. The average Bonchev–Trinajstić information content (AvgIpc) is 2.82. The summed E-state index contributed by atoms with van der Waals surface area (Å²) in [5, 5.41) is 0.847. The SMILES string of the molecule is O=Cc1ccc(Sc2nc3ccccc3s2)nc1. The summed E-state index contributed by atoms with van der Waals surface area (Å²) in [7, 11) is 0. The third-order valence-corrected chi connectivity index (χ3v) is 4.41. The molecule has 0 radical (unpaired) electrons. The van der Waals surface area contributed by atoms with Gasteiger partial charge >= 0.3 is 0 Å². The topological polar surface area (TPSA) is 42.9 Å². The van der Waals surface area contributed by atoms with E-state index in [1.807, 2.05) is 24.3 Å². The lowest BCUT2D eigenvalue weighted by molar-refractivity contribution is 0.112. The first kappa shape index (κ1) is 11.4. The van der Waals surface area contributed by atoms with E-state index in [4.69, 9.17) is 0 Å². The van der Waals surface area contributed by atoms with Crippen LogP contribution in [0.5, 0.6) is 0 Å². The van der Waals surface area contributed by atoms with Gasteiger partial charge in [0.05, 0.1) is 10.2 Å². The van der Waals surface area contributed by atoms with Gasteiger partial charge in [0.2, 0.25) is 0 Å². The van der Waals surface area contributed by atoms with Crippen molar-refractivity contribution in [1.29, 1.82) is 0 Å². The Morgan fingerprint density at radius 3 is 2.78 bits per heavy atom. The van der Waals surface area contributed by atoms with E-state index in [1.54, 1.807) is 23.6 Å². The number of carbonyl (C=O) groups excluding carboxylic acids is 1. The Hall–Kier alpha value is -1.72. The number of pyridine rings is 1. The van der Waals surface area contributed by atoms with Crippen molar-refractivity contribution >= 4 is 39.6 Å². The highest BCUT2D eigenvalue weighted by atomic mass is 32.2. The Balaban J connectivity index is 1.88. The molecular weight excluding hydrogens is 264 g/mol. The number of fused-ring (bicyclic) bond motifs is 1. The lowest BCUT2D eigenvalue weighted by Crippen LogP contribution is -1.83. The molecule has 0 saturated carbocycles. The van der Waals surface area contributed by atoms with Crippen LogP contribution in [0.1, 0.15) is 10.4 Å². The van der Waals surface area contributed by atoms with E-state index in [9.17, 15) is 4.79 Å². The van der Waals surface area contributed by atoms with Gasteiger partial charge in [-0.3, -0.25) is 4.79 Å². The van der Waals surface area contributed by atoms with Crippen molar-refractivity contribution in [3.8, 4) is 0 Å². The summed E-state index contributed by atoms with van der Waals surface area (Å²) in [5.74, 6) is 0. The predicted molar refractivity (Wildman–Crippen MR) is 73.4 cm³/mol. The number of aldehydes is 1. The van der Waals surface area contributed by atoms with Crippen molar-refractivity contribution < 1.29 is 4.79 Å². The molecule has 0 aliphatic heterocycles. The molecule has 0 amide bonds. The van der Waals surface area contributed by atoms with Crippen LogP contribution in [0.3, 0.4) is 0 Å². The van der Waals surface area contributed by atoms with Gasteiger partial charge in [-0.05, 0) is 36.0 Å². The van der Waals surface area contributed by atoms with Gasteiger partial charge in [-0.25, -0.2) is 9.97 Å². The van der Waals surface area contributed by atoms with Gasteiger partial charge in [-0.15, -0.1) is 11.3 Å². The number of para-hydroxylation sites is 1. The van der Waals surface area contributed by atoms with Crippen molar-refractivity contribution in [1.82, 2.24) is 9.97 Å². The van der Waals surface area contributed by atoms with E-state index >= 15 is 0 Å². The van der Waals surface area contributed by atoms with Gasteiger partial charge in [0.15, 0.2) is 10.6 Å². The number of rotatable bonds is 3. The largest absolute Gasteiger partial charge is 0.298 e. The molecule has 3 nitrogen and oxygen atoms in total. The number of nitrogens with zero attached hydrogens (tertiary/aromatic N) is 2. The van der Waals surface area contributed by atoms with Crippen molar-refractivity contribution in [3.63, 3.8) is 0 Å². The summed E-state index contributed by atoms with van der Waals surface area (Å²) < 4.78 is 2.13. The zero-order valence-corrected chi connectivity index (χ0v) is 10.9. The summed E-state index contributed by atoms with van der Waals surface area (Å²) in [5.41, 5.74) is 1.60. The summed E-state index contributed by atoms with van der Waals surface area (Å²) in [6, 6.07) is 11.6. The first-order valence-corrected chi connectivity index (χ1v) is 6.93. The Morgan fingerprint density at radius 1 is 1.17 bits per heavy atom. The first-order valence-electron chi connectivity index (χ1n) is 5.30. The van der Waals surface area contributed by atoms with Crippen molar-refractivity contribution in [3.05, 3.63) is 48.2 Å². The number of carbonyl (C=O) groups is 1. The Morgan fingerprint density at radius 2 is 2.06 bits per heavy atom. The molecule has 18 heavy (non-hydrogen) atoms. The fraction of sp³-hybridized carbons (Fsp3) is 0.